The number of carbonyl (C=O) groups excluding carboxylic acids is 2. The zero-order valence-corrected chi connectivity index (χ0v) is 49.6. The van der Waals surface area contributed by atoms with Gasteiger partial charge in [-0.2, -0.15) is 0 Å². The van der Waals surface area contributed by atoms with E-state index in [0.29, 0.717) is 37.4 Å². The number of hydrogen-bond donors (Lipinski definition) is 0. The first kappa shape index (κ1) is 60.5. The minimum atomic E-state index is -0.283. The number of nitrogens with zero attached hydrogens (tertiary/aromatic N) is 3. The fourth-order valence-electron chi connectivity index (χ4n) is 11.3. The summed E-state index contributed by atoms with van der Waals surface area (Å²) in [5, 5.41) is 2.16. The number of benzene rings is 4. The van der Waals surface area contributed by atoms with Crippen LogP contribution in [0.5, 0.6) is 0 Å². The number of carbonyl (C=O) groups is 2. The summed E-state index contributed by atoms with van der Waals surface area (Å²) in [6.07, 6.45) is 8.54. The second-order valence-electron chi connectivity index (χ2n) is 24.0. The van der Waals surface area contributed by atoms with Gasteiger partial charge in [-0.1, -0.05) is 139 Å². The van der Waals surface area contributed by atoms with Gasteiger partial charge in [0.15, 0.2) is 5.78 Å². The summed E-state index contributed by atoms with van der Waals surface area (Å²) in [4.78, 5) is 38.3. The Morgan fingerprint density at radius 3 is 2.06 bits per heavy atom. The van der Waals surface area contributed by atoms with Crippen LogP contribution >= 0.6 is 11.3 Å². The van der Waals surface area contributed by atoms with Crippen LogP contribution < -0.4 is 0 Å². The number of rotatable bonds is 23. The van der Waals surface area contributed by atoms with Crippen molar-refractivity contribution >= 4 is 39.5 Å². The Morgan fingerprint density at radius 2 is 1.44 bits per heavy atom. The molecule has 1 aliphatic heterocycles. The van der Waals surface area contributed by atoms with Crippen molar-refractivity contribution in [3.63, 3.8) is 0 Å². The number of aryl methyl sites for hydroxylation is 3. The maximum Gasteiger partial charge on any atom is 0.155 e. The topological polar surface area (TPSA) is 81.6 Å². The largest absolute Gasteiger partial charge is 0.381 e. The van der Waals surface area contributed by atoms with Gasteiger partial charge in [-0.05, 0) is 170 Å². The van der Waals surface area contributed by atoms with Gasteiger partial charge < -0.3 is 14.4 Å². The SMILES string of the molecule is C=C(CCCOCCC(=C)N1CCC(C(=C)c2ccc3nc(-c4ccc(C)cc4)c(-c4ccc(F)cc4)nc3c2)CC1)COCC(C)=O.C=C(CCc1ccc(-c2sccc2C)cc1)[C@]1(C)CC(C)CC1C(=O)C(C)C(C)(C)C.[HH].[HH].[HH]. The molecule has 0 bridgehead atoms. The van der Waals surface area contributed by atoms with Gasteiger partial charge in [-0.25, -0.2) is 14.4 Å². The quantitative estimate of drug-likeness (QED) is 0.0467. The van der Waals surface area contributed by atoms with E-state index in [2.05, 4.69) is 159 Å². The van der Waals surface area contributed by atoms with E-state index in [1.807, 2.05) is 6.07 Å². The lowest BCUT2D eigenvalue weighted by Crippen LogP contribution is -2.37. The third-order valence-electron chi connectivity index (χ3n) is 16.7. The first-order chi connectivity index (χ1) is 37.6. The molecule has 0 amide bonds. The molecule has 1 aliphatic carbocycles. The third-order valence-corrected chi connectivity index (χ3v) is 17.8. The number of allylic oxidation sites excluding steroid dienone is 2. The molecule has 9 heteroatoms. The summed E-state index contributed by atoms with van der Waals surface area (Å²) in [6.45, 7) is 40.1. The molecule has 2 fully saturated rings. The predicted octanol–water partition coefficient (Wildman–Crippen LogP) is 18.3. The molecule has 3 heterocycles. The maximum absolute atomic E-state index is 13.8. The summed E-state index contributed by atoms with van der Waals surface area (Å²) in [7, 11) is 0. The molecule has 1 saturated heterocycles. The average molecular weight is 1090 g/mol. The Labute approximate surface area is 480 Å². The second-order valence-corrected chi connectivity index (χ2v) is 24.9. The van der Waals surface area contributed by atoms with E-state index >= 15 is 0 Å². The van der Waals surface area contributed by atoms with Crippen LogP contribution in [0.15, 0.2) is 146 Å². The lowest BCUT2D eigenvalue weighted by atomic mass is 9.66. The molecule has 6 aromatic rings. The predicted molar refractivity (Wildman–Crippen MR) is 335 cm³/mol. The van der Waals surface area contributed by atoms with Gasteiger partial charge in [0.1, 0.15) is 18.2 Å². The van der Waals surface area contributed by atoms with Crippen molar-refractivity contribution in [1.82, 2.24) is 14.9 Å². The van der Waals surface area contributed by atoms with Crippen molar-refractivity contribution < 1.29 is 27.7 Å². The van der Waals surface area contributed by atoms with Gasteiger partial charge in [-0.3, -0.25) is 9.59 Å². The molecule has 4 atom stereocenters. The van der Waals surface area contributed by atoms with Gasteiger partial charge in [-0.15, -0.1) is 11.3 Å². The highest BCUT2D eigenvalue weighted by atomic mass is 32.1. The highest BCUT2D eigenvalue weighted by Gasteiger charge is 2.49. The highest BCUT2D eigenvalue weighted by molar-refractivity contribution is 7.13. The molecule has 7 nitrogen and oxygen atoms in total. The van der Waals surface area contributed by atoms with Crippen molar-refractivity contribution in [2.75, 3.05) is 39.5 Å². The van der Waals surface area contributed by atoms with Crippen LogP contribution in [0.2, 0.25) is 0 Å². The van der Waals surface area contributed by atoms with E-state index in [4.69, 9.17) is 19.4 Å². The van der Waals surface area contributed by atoms with Crippen LogP contribution in [0.25, 0.3) is 49.6 Å². The van der Waals surface area contributed by atoms with Crippen molar-refractivity contribution in [2.24, 2.45) is 34.5 Å². The molecular formula is C70H92FN3O4S. The van der Waals surface area contributed by atoms with Gasteiger partial charge in [0.25, 0.3) is 0 Å². The van der Waals surface area contributed by atoms with E-state index in [1.165, 1.54) is 51.8 Å². The molecule has 0 N–H and O–H groups in total. The Hall–Kier alpha value is -6.13. The number of piperidine rings is 1. The first-order valence-corrected chi connectivity index (χ1v) is 29.4. The lowest BCUT2D eigenvalue weighted by molar-refractivity contribution is -0.131. The number of thiophene rings is 1. The Kier molecular flexibility index (Phi) is 21.0. The number of ketones is 2. The van der Waals surface area contributed by atoms with Crippen molar-refractivity contribution in [3.8, 4) is 33.0 Å². The standard InChI is InChI=1S/C41H46FN3O3.C29H40OS.3H2/c1-28-8-10-34(11-9-28)40-41(35-12-15-37(42)16-13-35)44-39-25-36(14-17-38(39)43-40)32(5)33-18-21-45(22-19-33)30(3)20-24-47-23-6-7-29(2)26-48-27-31(4)46;1-19-17-25(26(30)22(4)28(5,6)7)29(8,18-19)21(3)9-10-23-11-13-24(14-12-23)27-20(2)15-16-31-27;;;/h8-17,25,33H,2-3,5-7,18-24,26-27H2,1,4H3;11-16,19,22,25H,3,9-10,17-18H2,1-2,4-8H3;3*1H/t;19?,22?,25?,29-;;;/m.0.../s1. The van der Waals surface area contributed by atoms with Crippen LogP contribution in [-0.4, -0.2) is 66.0 Å². The minimum absolute atomic E-state index is 0. The third kappa shape index (κ3) is 16.0. The van der Waals surface area contributed by atoms with Crippen molar-refractivity contribution in [2.45, 2.75) is 120 Å². The van der Waals surface area contributed by atoms with Gasteiger partial charge in [0, 0.05) is 63.9 Å². The van der Waals surface area contributed by atoms with E-state index in [0.717, 1.165) is 127 Å². The molecular weight excluding hydrogens is 998 g/mol. The van der Waals surface area contributed by atoms with Crippen LogP contribution in [0.3, 0.4) is 0 Å². The van der Waals surface area contributed by atoms with E-state index in [1.54, 1.807) is 23.5 Å². The zero-order chi connectivity index (χ0) is 57.0. The Morgan fingerprint density at radius 1 is 0.810 bits per heavy atom. The normalized spacial score (nSPS) is 18.0. The van der Waals surface area contributed by atoms with Crippen LogP contribution in [-0.2, 0) is 25.5 Å². The fraction of sp³-hybridized carbons (Fsp3) is 0.429. The molecule has 0 radical (unpaired) electrons. The minimum Gasteiger partial charge on any atom is -0.381 e. The highest BCUT2D eigenvalue weighted by Crippen LogP contribution is 2.53. The molecule has 2 aromatic heterocycles. The molecule has 8 rings (SSSR count). The van der Waals surface area contributed by atoms with Crippen molar-refractivity contribution in [1.29, 1.82) is 0 Å². The number of Topliss-reactive ketones (excluding diaryl/α,β-unsaturated/α-hetero) is 2. The van der Waals surface area contributed by atoms with Crippen LogP contribution in [0, 0.1) is 54.2 Å². The monoisotopic (exact) mass is 1090 g/mol. The van der Waals surface area contributed by atoms with E-state index in [9.17, 15) is 14.0 Å². The van der Waals surface area contributed by atoms with E-state index in [-0.39, 0.29) is 45.2 Å². The molecule has 4 aromatic carbocycles. The number of hydrogen-bond acceptors (Lipinski definition) is 8. The van der Waals surface area contributed by atoms with Crippen LogP contribution in [0.4, 0.5) is 4.39 Å². The van der Waals surface area contributed by atoms with E-state index < -0.39 is 0 Å². The molecule has 424 valence electrons. The van der Waals surface area contributed by atoms with Crippen LogP contribution in [0.1, 0.15) is 126 Å². The zero-order valence-electron chi connectivity index (χ0n) is 48.8. The summed E-state index contributed by atoms with van der Waals surface area (Å²) in [6, 6.07) is 32.1. The number of aromatic nitrogens is 2. The van der Waals surface area contributed by atoms with Gasteiger partial charge in [0.2, 0.25) is 0 Å². The molecule has 79 heavy (non-hydrogen) atoms. The summed E-state index contributed by atoms with van der Waals surface area (Å²) in [5.74, 6) is 1.30. The Balaban J connectivity index is 0.000000370. The number of halogens is 1. The maximum atomic E-state index is 13.8. The summed E-state index contributed by atoms with van der Waals surface area (Å²) in [5.41, 5.74) is 15.5. The van der Waals surface area contributed by atoms with Crippen molar-refractivity contribution in [3.05, 3.63) is 174 Å². The Bertz CT molecular complexity index is 3100. The molecule has 0 spiro atoms. The van der Waals surface area contributed by atoms with Gasteiger partial charge >= 0.3 is 0 Å². The molecule has 2 aliphatic rings. The smallest absolute Gasteiger partial charge is 0.155 e. The average Bonchev–Trinajstić information content (AvgIpc) is 4.02. The molecule has 1 saturated carbocycles. The fourth-order valence-corrected chi connectivity index (χ4v) is 12.2. The molecule has 3 unspecified atom stereocenters. The van der Waals surface area contributed by atoms with Gasteiger partial charge in [0.05, 0.1) is 35.6 Å². The first-order valence-electron chi connectivity index (χ1n) is 28.5. The number of ether oxygens (including phenoxy) is 2. The lowest BCUT2D eigenvalue weighted by Gasteiger charge is -2.37. The number of fused-ring (bicyclic) bond motifs is 1. The number of likely N-dealkylation sites (tertiary alicyclic amines) is 1. The summed E-state index contributed by atoms with van der Waals surface area (Å²) < 4.78 is 25.0. The summed E-state index contributed by atoms with van der Waals surface area (Å²) >= 11 is 1.80. The second kappa shape index (κ2) is 27.4.